The summed E-state index contributed by atoms with van der Waals surface area (Å²) in [4.78, 5) is 23.2. The molecule has 0 radical (unpaired) electrons. The van der Waals surface area contributed by atoms with Crippen molar-refractivity contribution in [3.05, 3.63) is 0 Å². The van der Waals surface area contributed by atoms with Gasteiger partial charge in [-0.1, -0.05) is 19.3 Å². The van der Waals surface area contributed by atoms with Crippen LogP contribution >= 0.6 is 0 Å². The van der Waals surface area contributed by atoms with E-state index in [0.29, 0.717) is 12.5 Å². The fraction of sp³-hybridized carbons (Fsp3) is 0.857. The molecule has 1 rings (SSSR count). The lowest BCUT2D eigenvalue weighted by Crippen LogP contribution is -2.53. The second-order valence-corrected chi connectivity index (χ2v) is 7.71. The molecule has 128 valence electrons. The average Bonchev–Trinajstić information content (AvgIpc) is 2.41. The quantitative estimate of drug-likeness (QED) is 0.708. The molecular formula is C14H26N2O5S. The molecule has 8 heteroatoms. The number of hydrogen-bond donors (Lipinski definition) is 2. The minimum atomic E-state index is -3.68. The second-order valence-electron chi connectivity index (χ2n) is 5.96. The summed E-state index contributed by atoms with van der Waals surface area (Å²) >= 11 is 0. The lowest BCUT2D eigenvalue weighted by Gasteiger charge is -2.27. The smallest absolute Gasteiger partial charge is 0.258 e. The molecule has 0 aromatic carbocycles. The van der Waals surface area contributed by atoms with Crippen molar-refractivity contribution in [3.63, 3.8) is 0 Å². The monoisotopic (exact) mass is 334 g/mol. The number of sulfonamides is 1. The number of rotatable bonds is 7. The predicted molar refractivity (Wildman–Crippen MR) is 82.6 cm³/mol. The van der Waals surface area contributed by atoms with E-state index in [9.17, 15) is 18.0 Å². The summed E-state index contributed by atoms with van der Waals surface area (Å²) in [5.74, 6) is -0.734. The normalized spacial score (nSPS) is 19.2. The zero-order valence-corrected chi connectivity index (χ0v) is 14.2. The van der Waals surface area contributed by atoms with Gasteiger partial charge in [-0.3, -0.25) is 14.3 Å². The molecule has 22 heavy (non-hydrogen) atoms. The van der Waals surface area contributed by atoms with E-state index in [4.69, 9.17) is 4.74 Å². The van der Waals surface area contributed by atoms with E-state index in [1.165, 1.54) is 26.2 Å². The van der Waals surface area contributed by atoms with Crippen LogP contribution in [0.5, 0.6) is 0 Å². The summed E-state index contributed by atoms with van der Waals surface area (Å²) in [6.45, 7) is 3.45. The van der Waals surface area contributed by atoms with Crippen LogP contribution in [0.1, 0.15) is 46.0 Å². The summed E-state index contributed by atoms with van der Waals surface area (Å²) in [6.07, 6.45) is 6.12. The molecule has 0 heterocycles. The van der Waals surface area contributed by atoms with Crippen LogP contribution in [0.4, 0.5) is 0 Å². The van der Waals surface area contributed by atoms with Crippen molar-refractivity contribution in [2.45, 2.75) is 58.1 Å². The molecule has 0 saturated heterocycles. The summed E-state index contributed by atoms with van der Waals surface area (Å²) < 4.78 is 29.9. The lowest BCUT2D eigenvalue weighted by atomic mass is 9.90. The maximum absolute atomic E-state index is 12.0. The summed E-state index contributed by atoms with van der Waals surface area (Å²) in [7, 11) is -3.68. The van der Waals surface area contributed by atoms with Gasteiger partial charge in [-0.05, 0) is 25.7 Å². The van der Waals surface area contributed by atoms with E-state index in [2.05, 4.69) is 5.32 Å². The van der Waals surface area contributed by atoms with Gasteiger partial charge >= 0.3 is 0 Å². The van der Waals surface area contributed by atoms with Crippen molar-refractivity contribution >= 4 is 21.8 Å². The van der Waals surface area contributed by atoms with Gasteiger partial charge in [0, 0.05) is 13.5 Å². The number of carbonyl (C=O) groups is 2. The van der Waals surface area contributed by atoms with Gasteiger partial charge in [0.15, 0.2) is 0 Å². The highest BCUT2D eigenvalue weighted by molar-refractivity contribution is 7.89. The number of ether oxygens (including phenoxy) is 1. The van der Waals surface area contributed by atoms with Crippen LogP contribution < -0.4 is 10.0 Å². The van der Waals surface area contributed by atoms with Crippen LogP contribution in [0.2, 0.25) is 0 Å². The fourth-order valence-corrected chi connectivity index (χ4v) is 3.09. The Balaban J connectivity index is 2.60. The van der Waals surface area contributed by atoms with Crippen LogP contribution in [0.15, 0.2) is 0 Å². The SMILES string of the molecule is CC(=O)N[C@H](C(=O)NS(C)(=O)=O)[C@@H](C)OCC1CCCCC1. The van der Waals surface area contributed by atoms with Gasteiger partial charge in [-0.25, -0.2) is 8.42 Å². The Kier molecular flexibility index (Phi) is 7.28. The first-order valence-corrected chi connectivity index (χ1v) is 9.48. The number of amides is 2. The van der Waals surface area contributed by atoms with Gasteiger partial charge in [-0.15, -0.1) is 0 Å². The third-order valence-corrected chi connectivity index (χ3v) is 4.29. The zero-order chi connectivity index (χ0) is 16.8. The van der Waals surface area contributed by atoms with Crippen LogP contribution in [0.25, 0.3) is 0 Å². The van der Waals surface area contributed by atoms with E-state index < -0.39 is 34.0 Å². The molecule has 2 amide bonds. The standard InChI is InChI=1S/C14H26N2O5S/c1-10(21-9-12-7-5-4-6-8-12)13(15-11(2)17)14(18)16-22(3,19)20/h10,12-13H,4-9H2,1-3H3,(H,15,17)(H,16,18)/t10-,13+/m1/s1. The van der Waals surface area contributed by atoms with Gasteiger partial charge in [0.05, 0.1) is 12.4 Å². The Morgan fingerprint density at radius 1 is 1.23 bits per heavy atom. The third-order valence-electron chi connectivity index (χ3n) is 3.72. The Bertz CT molecular complexity index is 485. The maximum Gasteiger partial charge on any atom is 0.258 e. The number of nitrogens with one attached hydrogen (secondary N) is 2. The van der Waals surface area contributed by atoms with E-state index >= 15 is 0 Å². The first-order chi connectivity index (χ1) is 10.2. The van der Waals surface area contributed by atoms with Crippen molar-refractivity contribution < 1.29 is 22.7 Å². The fourth-order valence-electron chi connectivity index (χ4n) is 2.60. The van der Waals surface area contributed by atoms with Gasteiger partial charge in [-0.2, -0.15) is 0 Å². The van der Waals surface area contributed by atoms with Crippen molar-refractivity contribution in [2.75, 3.05) is 12.9 Å². The molecule has 0 bridgehead atoms. The topological polar surface area (TPSA) is 102 Å². The molecule has 1 saturated carbocycles. The second kappa shape index (κ2) is 8.47. The Labute approximate surface area is 132 Å². The molecule has 1 aliphatic carbocycles. The van der Waals surface area contributed by atoms with Gasteiger partial charge in [0.2, 0.25) is 15.9 Å². The molecule has 0 aromatic heterocycles. The third kappa shape index (κ3) is 7.22. The molecule has 1 aliphatic rings. The molecule has 0 spiro atoms. The van der Waals surface area contributed by atoms with Crippen molar-refractivity contribution in [3.8, 4) is 0 Å². The minimum Gasteiger partial charge on any atom is -0.376 e. The number of hydrogen-bond acceptors (Lipinski definition) is 5. The Morgan fingerprint density at radius 3 is 2.32 bits per heavy atom. The maximum atomic E-state index is 12.0. The molecule has 0 unspecified atom stereocenters. The van der Waals surface area contributed by atoms with Crippen LogP contribution in [0, 0.1) is 5.92 Å². The average molecular weight is 334 g/mol. The van der Waals surface area contributed by atoms with Crippen molar-refractivity contribution in [1.82, 2.24) is 10.0 Å². The summed E-state index contributed by atoms with van der Waals surface area (Å²) in [5.41, 5.74) is 0. The zero-order valence-electron chi connectivity index (χ0n) is 13.4. The van der Waals surface area contributed by atoms with Crippen molar-refractivity contribution in [2.24, 2.45) is 5.92 Å². The Morgan fingerprint density at radius 2 is 1.82 bits per heavy atom. The van der Waals surface area contributed by atoms with E-state index in [0.717, 1.165) is 19.1 Å². The Hall–Kier alpha value is -1.15. The van der Waals surface area contributed by atoms with E-state index in [1.807, 2.05) is 4.72 Å². The van der Waals surface area contributed by atoms with Crippen LogP contribution in [-0.2, 0) is 24.3 Å². The molecular weight excluding hydrogens is 308 g/mol. The van der Waals surface area contributed by atoms with Crippen molar-refractivity contribution in [1.29, 1.82) is 0 Å². The van der Waals surface area contributed by atoms with E-state index in [-0.39, 0.29) is 0 Å². The van der Waals surface area contributed by atoms with Gasteiger partial charge in [0.1, 0.15) is 6.04 Å². The first kappa shape index (κ1) is 18.9. The van der Waals surface area contributed by atoms with Gasteiger partial charge in [0.25, 0.3) is 5.91 Å². The van der Waals surface area contributed by atoms with Crippen LogP contribution in [0.3, 0.4) is 0 Å². The molecule has 2 N–H and O–H groups in total. The summed E-state index contributed by atoms with van der Waals surface area (Å²) in [6, 6.07) is -1.03. The first-order valence-electron chi connectivity index (χ1n) is 7.59. The molecule has 1 fully saturated rings. The largest absolute Gasteiger partial charge is 0.376 e. The van der Waals surface area contributed by atoms with Crippen LogP contribution in [-0.4, -0.2) is 45.2 Å². The highest BCUT2D eigenvalue weighted by Crippen LogP contribution is 2.24. The summed E-state index contributed by atoms with van der Waals surface area (Å²) in [5, 5.41) is 2.45. The molecule has 7 nitrogen and oxygen atoms in total. The van der Waals surface area contributed by atoms with E-state index in [1.54, 1.807) is 6.92 Å². The number of carbonyl (C=O) groups excluding carboxylic acids is 2. The highest BCUT2D eigenvalue weighted by atomic mass is 32.2. The van der Waals surface area contributed by atoms with Gasteiger partial charge < -0.3 is 10.1 Å². The predicted octanol–water partition coefficient (Wildman–Crippen LogP) is 0.552. The minimum absolute atomic E-state index is 0.415. The lowest BCUT2D eigenvalue weighted by molar-refractivity contribution is -0.131. The molecule has 0 aliphatic heterocycles. The highest BCUT2D eigenvalue weighted by Gasteiger charge is 2.29. The molecule has 0 aromatic rings. The molecule has 2 atom stereocenters.